The zero-order valence-corrected chi connectivity index (χ0v) is 9.54. The van der Waals surface area contributed by atoms with Crippen molar-refractivity contribution in [2.45, 2.75) is 0 Å². The van der Waals surface area contributed by atoms with Crippen molar-refractivity contribution in [3.8, 4) is 11.3 Å². The maximum atomic E-state index is 5.89. The molecular weight excluding hydrogens is 298 g/mol. The van der Waals surface area contributed by atoms with Crippen LogP contribution in [-0.4, -0.2) is 0 Å². The lowest BCUT2D eigenvalue weighted by atomic mass is 10.2. The van der Waals surface area contributed by atoms with E-state index in [1.54, 1.807) is 6.26 Å². The van der Waals surface area contributed by atoms with Gasteiger partial charge in [-0.3, -0.25) is 0 Å². The maximum absolute atomic E-state index is 5.89. The molecule has 0 unspecified atom stereocenters. The number of hydrogen-bond donors (Lipinski definition) is 0. The quantitative estimate of drug-likeness (QED) is 0.720. The van der Waals surface area contributed by atoms with Gasteiger partial charge in [-0.1, -0.05) is 11.6 Å². The van der Waals surface area contributed by atoms with Gasteiger partial charge in [0, 0.05) is 14.2 Å². The zero-order valence-electron chi connectivity index (χ0n) is 6.63. The Morgan fingerprint density at radius 2 is 2.08 bits per heavy atom. The van der Waals surface area contributed by atoms with E-state index in [1.165, 1.54) is 0 Å². The molecule has 0 bridgehead atoms. The van der Waals surface area contributed by atoms with E-state index in [4.69, 9.17) is 16.0 Å². The molecule has 66 valence electrons. The topological polar surface area (TPSA) is 13.1 Å². The van der Waals surface area contributed by atoms with Crippen LogP contribution in [0.3, 0.4) is 0 Å². The Labute approximate surface area is 94.8 Å². The minimum Gasteiger partial charge on any atom is -0.464 e. The third-order valence-electron chi connectivity index (χ3n) is 1.72. The Hall–Kier alpha value is -0.480. The van der Waals surface area contributed by atoms with Crippen LogP contribution in [0.5, 0.6) is 0 Å². The molecule has 2 rings (SSSR count). The summed E-state index contributed by atoms with van der Waals surface area (Å²) in [6.45, 7) is 0. The monoisotopic (exact) mass is 304 g/mol. The molecule has 0 saturated carbocycles. The minimum atomic E-state index is 0.729. The zero-order chi connectivity index (χ0) is 9.26. The van der Waals surface area contributed by atoms with Crippen LogP contribution in [-0.2, 0) is 0 Å². The molecular formula is C10H6ClIO. The molecule has 0 atom stereocenters. The summed E-state index contributed by atoms with van der Waals surface area (Å²) in [5, 5.41) is 0.729. The number of benzene rings is 1. The van der Waals surface area contributed by atoms with Gasteiger partial charge < -0.3 is 4.42 Å². The van der Waals surface area contributed by atoms with Crippen molar-refractivity contribution in [3.63, 3.8) is 0 Å². The molecule has 0 aliphatic rings. The van der Waals surface area contributed by atoms with E-state index in [0.29, 0.717) is 0 Å². The SMILES string of the molecule is Clc1ccc(I)c(-c2ccco2)c1. The maximum Gasteiger partial charge on any atom is 0.134 e. The van der Waals surface area contributed by atoms with Gasteiger partial charge in [-0.05, 0) is 52.9 Å². The van der Waals surface area contributed by atoms with Gasteiger partial charge >= 0.3 is 0 Å². The summed E-state index contributed by atoms with van der Waals surface area (Å²) in [6, 6.07) is 9.54. The highest BCUT2D eigenvalue weighted by Crippen LogP contribution is 2.28. The van der Waals surface area contributed by atoms with Crippen LogP contribution >= 0.6 is 34.2 Å². The van der Waals surface area contributed by atoms with E-state index in [9.17, 15) is 0 Å². The van der Waals surface area contributed by atoms with E-state index >= 15 is 0 Å². The molecule has 0 fully saturated rings. The predicted octanol–water partition coefficient (Wildman–Crippen LogP) is 4.20. The van der Waals surface area contributed by atoms with Gasteiger partial charge in [-0.2, -0.15) is 0 Å². The highest BCUT2D eigenvalue weighted by molar-refractivity contribution is 14.1. The van der Waals surface area contributed by atoms with Gasteiger partial charge in [0.05, 0.1) is 6.26 Å². The van der Waals surface area contributed by atoms with Crippen LogP contribution in [0, 0.1) is 3.57 Å². The lowest BCUT2D eigenvalue weighted by Gasteiger charge is -2.00. The minimum absolute atomic E-state index is 0.729. The smallest absolute Gasteiger partial charge is 0.134 e. The molecule has 2 aromatic rings. The summed E-state index contributed by atoms with van der Waals surface area (Å²) in [5.41, 5.74) is 1.04. The Morgan fingerprint density at radius 1 is 1.23 bits per heavy atom. The highest BCUT2D eigenvalue weighted by Gasteiger charge is 2.05. The average molecular weight is 305 g/mol. The second-order valence-electron chi connectivity index (χ2n) is 2.60. The standard InChI is InChI=1S/C10H6ClIO/c11-7-3-4-9(12)8(6-7)10-2-1-5-13-10/h1-6H. The van der Waals surface area contributed by atoms with Gasteiger partial charge in [0.1, 0.15) is 5.76 Å². The summed E-state index contributed by atoms with van der Waals surface area (Å²) in [5.74, 6) is 0.854. The van der Waals surface area contributed by atoms with E-state index in [2.05, 4.69) is 22.6 Å². The average Bonchev–Trinajstić information content (AvgIpc) is 2.61. The van der Waals surface area contributed by atoms with Crippen molar-refractivity contribution in [2.75, 3.05) is 0 Å². The van der Waals surface area contributed by atoms with Crippen LogP contribution in [0.4, 0.5) is 0 Å². The number of rotatable bonds is 1. The lowest BCUT2D eigenvalue weighted by Crippen LogP contribution is -1.79. The van der Waals surface area contributed by atoms with Crippen LogP contribution in [0.2, 0.25) is 5.02 Å². The van der Waals surface area contributed by atoms with E-state index < -0.39 is 0 Å². The molecule has 1 nitrogen and oxygen atoms in total. The van der Waals surface area contributed by atoms with E-state index in [-0.39, 0.29) is 0 Å². The lowest BCUT2D eigenvalue weighted by molar-refractivity contribution is 0.582. The van der Waals surface area contributed by atoms with Gasteiger partial charge in [0.25, 0.3) is 0 Å². The number of furan rings is 1. The van der Waals surface area contributed by atoms with E-state index in [0.717, 1.165) is 19.9 Å². The van der Waals surface area contributed by atoms with Crippen molar-refractivity contribution >= 4 is 34.2 Å². The van der Waals surface area contributed by atoms with Gasteiger partial charge in [0.2, 0.25) is 0 Å². The molecule has 0 spiro atoms. The Bertz CT molecular complexity index is 409. The second kappa shape index (κ2) is 3.72. The summed E-state index contributed by atoms with van der Waals surface area (Å²) in [6.07, 6.45) is 1.66. The molecule has 0 saturated heterocycles. The fraction of sp³-hybridized carbons (Fsp3) is 0. The third kappa shape index (κ3) is 1.89. The van der Waals surface area contributed by atoms with Gasteiger partial charge in [-0.25, -0.2) is 0 Å². The predicted molar refractivity (Wildman–Crippen MR) is 61.9 cm³/mol. The highest BCUT2D eigenvalue weighted by atomic mass is 127. The summed E-state index contributed by atoms with van der Waals surface area (Å²) in [7, 11) is 0. The first-order chi connectivity index (χ1) is 6.27. The molecule has 0 radical (unpaired) electrons. The Morgan fingerprint density at radius 3 is 2.77 bits per heavy atom. The van der Waals surface area contributed by atoms with Crippen molar-refractivity contribution in [2.24, 2.45) is 0 Å². The molecule has 0 aliphatic heterocycles. The molecule has 1 aromatic carbocycles. The van der Waals surface area contributed by atoms with Crippen LogP contribution in [0.25, 0.3) is 11.3 Å². The Balaban J connectivity index is 2.57. The second-order valence-corrected chi connectivity index (χ2v) is 4.20. The van der Waals surface area contributed by atoms with Crippen molar-refractivity contribution in [1.29, 1.82) is 0 Å². The molecule has 0 amide bonds. The molecule has 0 aliphatic carbocycles. The molecule has 0 N–H and O–H groups in total. The molecule has 1 heterocycles. The normalized spacial score (nSPS) is 10.3. The first-order valence-corrected chi connectivity index (χ1v) is 5.22. The van der Waals surface area contributed by atoms with Gasteiger partial charge in [-0.15, -0.1) is 0 Å². The van der Waals surface area contributed by atoms with Crippen LogP contribution < -0.4 is 0 Å². The van der Waals surface area contributed by atoms with Crippen molar-refractivity contribution in [3.05, 3.63) is 45.2 Å². The summed E-state index contributed by atoms with van der Waals surface area (Å²) >= 11 is 8.15. The summed E-state index contributed by atoms with van der Waals surface area (Å²) in [4.78, 5) is 0. The summed E-state index contributed by atoms with van der Waals surface area (Å²) < 4.78 is 6.43. The number of halogens is 2. The largest absolute Gasteiger partial charge is 0.464 e. The Kier molecular flexibility index (Phi) is 2.60. The van der Waals surface area contributed by atoms with Gasteiger partial charge in [0.15, 0.2) is 0 Å². The molecule has 3 heteroatoms. The first kappa shape index (κ1) is 9.09. The fourth-order valence-electron chi connectivity index (χ4n) is 1.12. The van der Waals surface area contributed by atoms with Crippen molar-refractivity contribution < 1.29 is 4.42 Å². The van der Waals surface area contributed by atoms with E-state index in [1.807, 2.05) is 30.3 Å². The fourth-order valence-corrected chi connectivity index (χ4v) is 1.89. The third-order valence-corrected chi connectivity index (χ3v) is 2.89. The molecule has 13 heavy (non-hydrogen) atoms. The number of hydrogen-bond acceptors (Lipinski definition) is 1. The van der Waals surface area contributed by atoms with Crippen molar-refractivity contribution in [1.82, 2.24) is 0 Å². The van der Waals surface area contributed by atoms with Crippen LogP contribution in [0.15, 0.2) is 41.0 Å². The molecule has 1 aromatic heterocycles. The van der Waals surface area contributed by atoms with Crippen LogP contribution in [0.1, 0.15) is 0 Å². The first-order valence-electron chi connectivity index (χ1n) is 3.76.